The molecule has 0 spiro atoms. The number of aromatic nitrogens is 1. The molecule has 7 nitrogen and oxygen atoms in total. The number of ether oxygens (including phenoxy) is 3. The van der Waals surface area contributed by atoms with Crippen LogP contribution in [0.3, 0.4) is 0 Å². The fourth-order valence-corrected chi connectivity index (χ4v) is 4.52. The zero-order valence-electron chi connectivity index (χ0n) is 20.6. The number of rotatable bonds is 8. The zero-order valence-corrected chi connectivity index (χ0v) is 20.6. The predicted octanol–water partition coefficient (Wildman–Crippen LogP) is 4.76. The third-order valence-corrected chi connectivity index (χ3v) is 6.34. The van der Waals surface area contributed by atoms with Crippen molar-refractivity contribution in [1.29, 1.82) is 0 Å². The molecule has 1 aromatic heterocycles. The average Bonchev–Trinajstić information content (AvgIpc) is 3.28. The van der Waals surface area contributed by atoms with Gasteiger partial charge in [0.1, 0.15) is 0 Å². The highest BCUT2D eigenvalue weighted by Crippen LogP contribution is 2.38. The van der Waals surface area contributed by atoms with Crippen LogP contribution in [-0.2, 0) is 16.0 Å². The number of likely N-dealkylation sites (N-methyl/N-ethyl adjacent to an activating group) is 1. The Morgan fingerprint density at radius 1 is 1.00 bits per heavy atom. The van der Waals surface area contributed by atoms with Crippen molar-refractivity contribution in [2.45, 2.75) is 26.7 Å². The molecule has 0 unspecified atom stereocenters. The van der Waals surface area contributed by atoms with Crippen LogP contribution in [0.25, 0.3) is 22.6 Å². The Morgan fingerprint density at radius 3 is 2.46 bits per heavy atom. The molecule has 35 heavy (non-hydrogen) atoms. The summed E-state index contributed by atoms with van der Waals surface area (Å²) < 4.78 is 16.3. The van der Waals surface area contributed by atoms with Gasteiger partial charge in [-0.1, -0.05) is 24.3 Å². The minimum atomic E-state index is -0.493. The van der Waals surface area contributed by atoms with Gasteiger partial charge >= 0.3 is 5.97 Å². The van der Waals surface area contributed by atoms with E-state index in [0.717, 1.165) is 34.2 Å². The average molecular weight is 475 g/mol. The molecule has 1 amide bonds. The normalized spacial score (nSPS) is 13.5. The van der Waals surface area contributed by atoms with E-state index in [0.29, 0.717) is 42.1 Å². The molecule has 0 radical (unpaired) electrons. The van der Waals surface area contributed by atoms with Crippen LogP contribution >= 0.6 is 0 Å². The fourth-order valence-electron chi connectivity index (χ4n) is 4.52. The van der Waals surface area contributed by atoms with Crippen molar-refractivity contribution in [3.63, 3.8) is 0 Å². The topological polar surface area (TPSA) is 78.0 Å². The smallest absolute Gasteiger partial charge is 0.339 e. The van der Waals surface area contributed by atoms with Crippen molar-refractivity contribution < 1.29 is 23.8 Å². The number of pyridine rings is 1. The molecule has 0 aliphatic heterocycles. The summed E-state index contributed by atoms with van der Waals surface area (Å²) in [4.78, 5) is 32.2. The molecule has 0 saturated heterocycles. The number of fused-ring (bicyclic) bond motifs is 2. The van der Waals surface area contributed by atoms with Crippen molar-refractivity contribution in [2.75, 3.05) is 33.9 Å². The number of para-hydroxylation sites is 1. The minimum Gasteiger partial charge on any atom is -0.493 e. The first kappa shape index (κ1) is 24.3. The summed E-state index contributed by atoms with van der Waals surface area (Å²) in [7, 11) is 3.21. The van der Waals surface area contributed by atoms with Crippen LogP contribution < -0.4 is 9.47 Å². The lowest BCUT2D eigenvalue weighted by molar-refractivity contribution is -0.134. The number of hydrogen-bond donors (Lipinski definition) is 0. The molecule has 0 N–H and O–H groups in total. The number of benzene rings is 2. The van der Waals surface area contributed by atoms with Gasteiger partial charge in [-0.15, -0.1) is 0 Å². The highest BCUT2D eigenvalue weighted by atomic mass is 16.5. The van der Waals surface area contributed by atoms with Gasteiger partial charge in [0.25, 0.3) is 5.91 Å². The van der Waals surface area contributed by atoms with Gasteiger partial charge < -0.3 is 19.1 Å². The molecule has 182 valence electrons. The Hall–Kier alpha value is -3.87. The summed E-state index contributed by atoms with van der Waals surface area (Å²) in [6.07, 6.45) is 3.47. The first-order valence-electron chi connectivity index (χ1n) is 11.8. The summed E-state index contributed by atoms with van der Waals surface area (Å²) >= 11 is 0. The van der Waals surface area contributed by atoms with Gasteiger partial charge in [0.2, 0.25) is 0 Å². The van der Waals surface area contributed by atoms with E-state index in [2.05, 4.69) is 6.08 Å². The maximum Gasteiger partial charge on any atom is 0.339 e. The van der Waals surface area contributed by atoms with Crippen LogP contribution in [0, 0.1) is 0 Å². The second-order valence-electron chi connectivity index (χ2n) is 8.26. The Balaban J connectivity index is 1.72. The molecule has 1 aliphatic carbocycles. The number of methoxy groups -OCH3 is 2. The molecule has 0 fully saturated rings. The van der Waals surface area contributed by atoms with Gasteiger partial charge in [0, 0.05) is 18.5 Å². The van der Waals surface area contributed by atoms with E-state index >= 15 is 0 Å². The summed E-state index contributed by atoms with van der Waals surface area (Å²) in [6.45, 7) is 4.67. The van der Waals surface area contributed by atoms with Crippen LogP contribution in [0.1, 0.15) is 47.4 Å². The van der Waals surface area contributed by atoms with Gasteiger partial charge in [-0.3, -0.25) is 4.79 Å². The lowest BCUT2D eigenvalue weighted by Gasteiger charge is -2.18. The number of allylic oxidation sites excluding steroid dienone is 1. The molecule has 1 heterocycles. The summed E-state index contributed by atoms with van der Waals surface area (Å²) in [5.41, 5.74) is 4.85. The highest BCUT2D eigenvalue weighted by molar-refractivity contribution is 6.07. The third-order valence-electron chi connectivity index (χ3n) is 6.34. The monoisotopic (exact) mass is 474 g/mol. The van der Waals surface area contributed by atoms with Gasteiger partial charge in [-0.2, -0.15) is 0 Å². The maximum absolute atomic E-state index is 13.3. The quantitative estimate of drug-likeness (QED) is 0.438. The van der Waals surface area contributed by atoms with Crippen LogP contribution in [0.4, 0.5) is 0 Å². The van der Waals surface area contributed by atoms with Crippen LogP contribution in [-0.4, -0.2) is 55.7 Å². The summed E-state index contributed by atoms with van der Waals surface area (Å²) in [5, 5.41) is 0.735. The van der Waals surface area contributed by atoms with Gasteiger partial charge in [0.15, 0.2) is 18.1 Å². The van der Waals surface area contributed by atoms with Crippen molar-refractivity contribution in [3.8, 4) is 11.5 Å². The van der Waals surface area contributed by atoms with Crippen LogP contribution in [0.15, 0.2) is 42.5 Å². The number of hydrogen-bond acceptors (Lipinski definition) is 6. The highest BCUT2D eigenvalue weighted by Gasteiger charge is 2.28. The van der Waals surface area contributed by atoms with E-state index in [1.165, 1.54) is 0 Å². The van der Waals surface area contributed by atoms with E-state index in [1.807, 2.05) is 56.3 Å². The second kappa shape index (κ2) is 10.6. The summed E-state index contributed by atoms with van der Waals surface area (Å²) in [5.74, 6) is 0.615. The first-order valence-corrected chi connectivity index (χ1v) is 11.8. The van der Waals surface area contributed by atoms with E-state index in [1.54, 1.807) is 19.1 Å². The Labute approximate surface area is 205 Å². The molecule has 2 aromatic carbocycles. The fraction of sp³-hybridized carbons (Fsp3) is 0.321. The van der Waals surface area contributed by atoms with E-state index in [9.17, 15) is 9.59 Å². The SMILES string of the molecule is CCN(CC)C(=O)COC(=O)c1c2c(nc3ccccc13)/C(=C/c1ccc(OC)c(OC)c1)CC2. The molecular weight excluding hydrogens is 444 g/mol. The zero-order chi connectivity index (χ0) is 24.9. The lowest BCUT2D eigenvalue weighted by Crippen LogP contribution is -2.34. The van der Waals surface area contributed by atoms with Crippen LogP contribution in [0.2, 0.25) is 0 Å². The number of esters is 1. The Bertz CT molecular complexity index is 1290. The molecular formula is C28H30N2O5. The number of amides is 1. The standard InChI is InChI=1S/C28H30N2O5/c1-5-30(6-2)25(31)17-35-28(32)26-20-9-7-8-10-22(20)29-27-19(12-13-21(26)27)15-18-11-14-23(33-3)24(16-18)34-4/h7-11,14-16H,5-6,12-13,17H2,1-4H3/b19-15+. The maximum atomic E-state index is 13.3. The van der Waals surface area contributed by atoms with Crippen molar-refractivity contribution in [1.82, 2.24) is 9.88 Å². The number of carbonyl (C=O) groups excluding carboxylic acids is 2. The van der Waals surface area contributed by atoms with E-state index < -0.39 is 5.97 Å². The predicted molar refractivity (Wildman–Crippen MR) is 136 cm³/mol. The Kier molecular flexibility index (Phi) is 7.34. The largest absolute Gasteiger partial charge is 0.493 e. The van der Waals surface area contributed by atoms with Crippen molar-refractivity contribution in [2.24, 2.45) is 0 Å². The van der Waals surface area contributed by atoms with Crippen molar-refractivity contribution >= 4 is 34.4 Å². The van der Waals surface area contributed by atoms with Gasteiger partial charge in [0.05, 0.1) is 31.0 Å². The molecule has 3 aromatic rings. The Morgan fingerprint density at radius 2 is 1.74 bits per heavy atom. The molecule has 0 bridgehead atoms. The molecule has 4 rings (SSSR count). The molecule has 0 saturated carbocycles. The van der Waals surface area contributed by atoms with Gasteiger partial charge in [-0.05, 0) is 67.7 Å². The third kappa shape index (κ3) is 4.85. The van der Waals surface area contributed by atoms with E-state index in [-0.39, 0.29) is 12.5 Å². The van der Waals surface area contributed by atoms with E-state index in [4.69, 9.17) is 19.2 Å². The van der Waals surface area contributed by atoms with Crippen LogP contribution in [0.5, 0.6) is 11.5 Å². The molecule has 7 heteroatoms. The minimum absolute atomic E-state index is 0.201. The molecule has 0 atom stereocenters. The van der Waals surface area contributed by atoms with Crippen molar-refractivity contribution in [3.05, 3.63) is 64.8 Å². The number of nitrogens with zero attached hydrogens (tertiary/aromatic N) is 2. The summed E-state index contributed by atoms with van der Waals surface area (Å²) in [6, 6.07) is 13.3. The lowest BCUT2D eigenvalue weighted by atomic mass is 10.0. The second-order valence-corrected chi connectivity index (χ2v) is 8.26. The molecule has 1 aliphatic rings. The first-order chi connectivity index (χ1) is 17.0. The number of carbonyl (C=O) groups is 2. The van der Waals surface area contributed by atoms with Gasteiger partial charge in [-0.25, -0.2) is 9.78 Å².